The highest BCUT2D eigenvalue weighted by molar-refractivity contribution is 6.13. The molecule has 2 aromatic heterocycles. The normalized spacial score (nSPS) is 11.7. The lowest BCUT2D eigenvalue weighted by Gasteiger charge is -2.08. The summed E-state index contributed by atoms with van der Waals surface area (Å²) in [6.45, 7) is 0. The molecule has 1 aromatic carbocycles. The number of aryl methyl sites for hydroxylation is 1. The molecule has 0 aliphatic rings. The third kappa shape index (κ3) is 2.94. The number of amides is 1. The van der Waals surface area contributed by atoms with Gasteiger partial charge in [-0.25, -0.2) is 4.39 Å². The van der Waals surface area contributed by atoms with E-state index < -0.39 is 23.6 Å². The minimum Gasteiger partial charge on any atom is -0.350 e. The van der Waals surface area contributed by atoms with Crippen molar-refractivity contribution in [2.75, 3.05) is 5.32 Å². The van der Waals surface area contributed by atoms with E-state index in [2.05, 4.69) is 10.3 Å². The first kappa shape index (κ1) is 16.0. The highest BCUT2D eigenvalue weighted by Crippen LogP contribution is 2.29. The molecule has 24 heavy (non-hydrogen) atoms. The summed E-state index contributed by atoms with van der Waals surface area (Å²) in [5, 5.41) is 2.76. The Balaban J connectivity index is 1.95. The number of carbonyl (C=O) groups excluding carboxylic acids is 1. The SMILES string of the molecule is Cn1cc(C(=O)Nc2ccnc(C(F)(F)F)c2)c2cc(F)ccc21. The molecule has 3 rings (SSSR count). The Bertz CT molecular complexity index is 931. The quantitative estimate of drug-likeness (QED) is 0.719. The smallest absolute Gasteiger partial charge is 0.350 e. The van der Waals surface area contributed by atoms with Crippen molar-refractivity contribution in [1.29, 1.82) is 0 Å². The summed E-state index contributed by atoms with van der Waals surface area (Å²) < 4.78 is 53.1. The Hall–Kier alpha value is -2.90. The van der Waals surface area contributed by atoms with E-state index in [0.29, 0.717) is 10.9 Å². The predicted octanol–water partition coefficient (Wildman–Crippen LogP) is 3.98. The average molecular weight is 337 g/mol. The number of anilines is 1. The molecule has 0 aliphatic carbocycles. The van der Waals surface area contributed by atoms with E-state index in [0.717, 1.165) is 12.3 Å². The number of nitrogens with one attached hydrogen (secondary N) is 1. The highest BCUT2D eigenvalue weighted by Gasteiger charge is 2.32. The van der Waals surface area contributed by atoms with Crippen molar-refractivity contribution >= 4 is 22.5 Å². The average Bonchev–Trinajstić information content (AvgIpc) is 2.83. The number of alkyl halides is 3. The van der Waals surface area contributed by atoms with Gasteiger partial charge in [0.25, 0.3) is 5.91 Å². The van der Waals surface area contributed by atoms with Crippen LogP contribution in [-0.2, 0) is 13.2 Å². The molecule has 3 aromatic rings. The van der Waals surface area contributed by atoms with Crippen LogP contribution in [0.25, 0.3) is 10.9 Å². The first-order valence-electron chi connectivity index (χ1n) is 6.85. The summed E-state index contributed by atoms with van der Waals surface area (Å²) >= 11 is 0. The second-order valence-corrected chi connectivity index (χ2v) is 5.20. The van der Waals surface area contributed by atoms with Crippen LogP contribution in [0.5, 0.6) is 0 Å². The van der Waals surface area contributed by atoms with Gasteiger partial charge < -0.3 is 9.88 Å². The molecule has 0 radical (unpaired) electrons. The molecule has 0 saturated carbocycles. The molecule has 0 atom stereocenters. The summed E-state index contributed by atoms with van der Waals surface area (Å²) in [6.07, 6.45) is -2.16. The molecule has 0 unspecified atom stereocenters. The molecule has 124 valence electrons. The third-order valence-electron chi connectivity index (χ3n) is 3.50. The van der Waals surface area contributed by atoms with Crippen LogP contribution in [0.15, 0.2) is 42.7 Å². The van der Waals surface area contributed by atoms with Crippen molar-refractivity contribution in [1.82, 2.24) is 9.55 Å². The largest absolute Gasteiger partial charge is 0.433 e. The first-order chi connectivity index (χ1) is 11.3. The molecule has 2 heterocycles. The standard InChI is InChI=1S/C16H11F4N3O/c1-23-8-12(11-6-9(17)2-3-13(11)23)15(24)22-10-4-5-21-14(7-10)16(18,19)20/h2-8H,1H3,(H,21,22,24). The number of pyridine rings is 1. The third-order valence-corrected chi connectivity index (χ3v) is 3.50. The fourth-order valence-electron chi connectivity index (χ4n) is 2.41. The number of hydrogen-bond donors (Lipinski definition) is 1. The van der Waals surface area contributed by atoms with Gasteiger partial charge in [0.15, 0.2) is 0 Å². The number of aromatic nitrogens is 2. The molecule has 0 saturated heterocycles. The maximum Gasteiger partial charge on any atom is 0.433 e. The fourth-order valence-corrected chi connectivity index (χ4v) is 2.41. The van der Waals surface area contributed by atoms with Crippen molar-refractivity contribution in [3.63, 3.8) is 0 Å². The predicted molar refractivity (Wildman–Crippen MR) is 80.1 cm³/mol. The van der Waals surface area contributed by atoms with E-state index in [4.69, 9.17) is 0 Å². The molecule has 0 spiro atoms. The van der Waals surface area contributed by atoms with Gasteiger partial charge in [-0.15, -0.1) is 0 Å². The number of halogens is 4. The Morgan fingerprint density at radius 3 is 2.67 bits per heavy atom. The van der Waals surface area contributed by atoms with Crippen LogP contribution in [0.3, 0.4) is 0 Å². The second-order valence-electron chi connectivity index (χ2n) is 5.20. The molecule has 1 amide bonds. The van der Waals surface area contributed by atoms with Crippen LogP contribution in [0, 0.1) is 5.82 Å². The molecule has 0 fully saturated rings. The minimum atomic E-state index is -4.61. The van der Waals surface area contributed by atoms with Crippen LogP contribution in [0.2, 0.25) is 0 Å². The van der Waals surface area contributed by atoms with Crippen LogP contribution >= 0.6 is 0 Å². The van der Waals surface area contributed by atoms with Crippen molar-refractivity contribution in [3.05, 3.63) is 59.8 Å². The van der Waals surface area contributed by atoms with Crippen LogP contribution < -0.4 is 5.32 Å². The van der Waals surface area contributed by atoms with Gasteiger partial charge >= 0.3 is 6.18 Å². The number of fused-ring (bicyclic) bond motifs is 1. The van der Waals surface area contributed by atoms with Gasteiger partial charge in [0.2, 0.25) is 0 Å². The van der Waals surface area contributed by atoms with Gasteiger partial charge in [-0.3, -0.25) is 9.78 Å². The summed E-state index contributed by atoms with van der Waals surface area (Å²) in [5.41, 5.74) is -0.357. The fraction of sp³-hybridized carbons (Fsp3) is 0.125. The molecule has 1 N–H and O–H groups in total. The molecule has 0 aliphatic heterocycles. The maximum atomic E-state index is 13.4. The van der Waals surface area contributed by atoms with E-state index in [1.807, 2.05) is 0 Å². The Labute approximate surface area is 133 Å². The van der Waals surface area contributed by atoms with E-state index in [-0.39, 0.29) is 11.3 Å². The molecular formula is C16H11F4N3O. The lowest BCUT2D eigenvalue weighted by atomic mass is 10.1. The topological polar surface area (TPSA) is 46.9 Å². The second kappa shape index (κ2) is 5.63. The van der Waals surface area contributed by atoms with Gasteiger partial charge in [-0.1, -0.05) is 0 Å². The molecular weight excluding hydrogens is 326 g/mol. The summed E-state index contributed by atoms with van der Waals surface area (Å²) in [5.74, 6) is -1.14. The number of rotatable bonds is 2. The summed E-state index contributed by atoms with van der Waals surface area (Å²) in [6, 6.07) is 5.98. The molecule has 4 nitrogen and oxygen atoms in total. The van der Waals surface area contributed by atoms with E-state index in [9.17, 15) is 22.4 Å². The van der Waals surface area contributed by atoms with Gasteiger partial charge in [-0.05, 0) is 30.3 Å². The Kier molecular flexibility index (Phi) is 3.75. The van der Waals surface area contributed by atoms with Crippen molar-refractivity contribution in [3.8, 4) is 0 Å². The maximum absolute atomic E-state index is 13.4. The lowest BCUT2D eigenvalue weighted by Crippen LogP contribution is -2.13. The number of carbonyl (C=O) groups is 1. The van der Waals surface area contributed by atoms with E-state index in [1.54, 1.807) is 11.6 Å². The van der Waals surface area contributed by atoms with Crippen LogP contribution in [-0.4, -0.2) is 15.5 Å². The summed E-state index contributed by atoms with van der Waals surface area (Å²) in [4.78, 5) is 15.6. The first-order valence-corrected chi connectivity index (χ1v) is 6.85. The van der Waals surface area contributed by atoms with Gasteiger partial charge in [-0.2, -0.15) is 13.2 Å². The highest BCUT2D eigenvalue weighted by atomic mass is 19.4. The molecule has 0 bridgehead atoms. The van der Waals surface area contributed by atoms with E-state index in [1.165, 1.54) is 30.5 Å². The Morgan fingerprint density at radius 1 is 1.21 bits per heavy atom. The van der Waals surface area contributed by atoms with Crippen molar-refractivity contribution < 1.29 is 22.4 Å². The van der Waals surface area contributed by atoms with Crippen molar-refractivity contribution in [2.24, 2.45) is 7.05 Å². The zero-order valence-corrected chi connectivity index (χ0v) is 12.4. The van der Waals surface area contributed by atoms with Crippen LogP contribution in [0.4, 0.5) is 23.2 Å². The van der Waals surface area contributed by atoms with Gasteiger partial charge in [0.1, 0.15) is 11.5 Å². The Morgan fingerprint density at radius 2 is 1.96 bits per heavy atom. The summed E-state index contributed by atoms with van der Waals surface area (Å²) in [7, 11) is 1.69. The number of benzene rings is 1. The molecule has 8 heteroatoms. The van der Waals surface area contributed by atoms with Gasteiger partial charge in [0.05, 0.1) is 5.56 Å². The zero-order chi connectivity index (χ0) is 17.5. The van der Waals surface area contributed by atoms with Crippen molar-refractivity contribution in [2.45, 2.75) is 6.18 Å². The van der Waals surface area contributed by atoms with Crippen LogP contribution in [0.1, 0.15) is 16.1 Å². The number of nitrogens with zero attached hydrogens (tertiary/aromatic N) is 2. The number of hydrogen-bond acceptors (Lipinski definition) is 2. The monoisotopic (exact) mass is 337 g/mol. The van der Waals surface area contributed by atoms with E-state index >= 15 is 0 Å². The zero-order valence-electron chi connectivity index (χ0n) is 12.4. The lowest BCUT2D eigenvalue weighted by molar-refractivity contribution is -0.141. The minimum absolute atomic E-state index is 0.0456. The van der Waals surface area contributed by atoms with Gasteiger partial charge in [0, 0.05) is 36.0 Å².